The molecule has 0 aliphatic carbocycles. The molecule has 21 heavy (non-hydrogen) atoms. The lowest BCUT2D eigenvalue weighted by Crippen LogP contribution is -2.39. The van der Waals surface area contributed by atoms with Gasteiger partial charge in [-0.05, 0) is 25.1 Å². The van der Waals surface area contributed by atoms with Crippen LogP contribution in [0.2, 0.25) is 0 Å². The number of hydrogen-bond acceptors (Lipinski definition) is 5. The smallest absolute Gasteiger partial charge is 0.279 e. The second kappa shape index (κ2) is 8.93. The SMILES string of the molecule is CCNCCCN(C)S(=O)(=O)NCc1ccc(OC)nc1. The molecule has 0 bridgehead atoms. The number of methoxy groups -OCH3 is 1. The van der Waals surface area contributed by atoms with E-state index in [2.05, 4.69) is 15.0 Å². The van der Waals surface area contributed by atoms with E-state index in [0.29, 0.717) is 12.4 Å². The van der Waals surface area contributed by atoms with E-state index >= 15 is 0 Å². The fraction of sp³-hybridized carbons (Fsp3) is 0.615. The molecule has 0 fully saturated rings. The Balaban J connectivity index is 2.43. The molecule has 0 amide bonds. The Bertz CT molecular complexity index is 505. The second-order valence-electron chi connectivity index (χ2n) is 4.56. The van der Waals surface area contributed by atoms with Gasteiger partial charge in [0.2, 0.25) is 5.88 Å². The standard InChI is InChI=1S/C13H24N4O3S/c1-4-14-8-5-9-17(2)21(18,19)16-11-12-6-7-13(20-3)15-10-12/h6-7,10,14,16H,4-5,8-9,11H2,1-3H3. The van der Waals surface area contributed by atoms with Gasteiger partial charge in [-0.1, -0.05) is 13.0 Å². The summed E-state index contributed by atoms with van der Waals surface area (Å²) >= 11 is 0. The molecule has 0 atom stereocenters. The van der Waals surface area contributed by atoms with Gasteiger partial charge in [0.1, 0.15) is 0 Å². The first-order valence-electron chi connectivity index (χ1n) is 6.90. The van der Waals surface area contributed by atoms with E-state index in [9.17, 15) is 8.42 Å². The molecule has 1 heterocycles. The Morgan fingerprint density at radius 2 is 2.14 bits per heavy atom. The van der Waals surface area contributed by atoms with Crippen molar-refractivity contribution < 1.29 is 13.2 Å². The summed E-state index contributed by atoms with van der Waals surface area (Å²) in [4.78, 5) is 4.03. The van der Waals surface area contributed by atoms with E-state index in [1.807, 2.05) is 6.92 Å². The van der Waals surface area contributed by atoms with E-state index in [-0.39, 0.29) is 6.54 Å². The summed E-state index contributed by atoms with van der Waals surface area (Å²) in [5, 5.41) is 3.16. The molecule has 2 N–H and O–H groups in total. The maximum atomic E-state index is 12.0. The molecule has 1 rings (SSSR count). The largest absolute Gasteiger partial charge is 0.481 e. The number of ether oxygens (including phenoxy) is 1. The van der Waals surface area contributed by atoms with Crippen LogP contribution in [-0.4, -0.2) is 51.5 Å². The minimum atomic E-state index is -3.46. The van der Waals surface area contributed by atoms with Gasteiger partial charge in [-0.2, -0.15) is 17.4 Å². The van der Waals surface area contributed by atoms with Crippen LogP contribution in [0.15, 0.2) is 18.3 Å². The molecule has 0 aliphatic rings. The average Bonchev–Trinajstić information content (AvgIpc) is 2.50. The molecular formula is C13H24N4O3S. The van der Waals surface area contributed by atoms with Gasteiger partial charge in [0.25, 0.3) is 10.2 Å². The molecule has 120 valence electrons. The molecule has 1 aromatic rings. The van der Waals surface area contributed by atoms with Crippen LogP contribution in [0.5, 0.6) is 5.88 Å². The Hall–Kier alpha value is -1.22. The highest BCUT2D eigenvalue weighted by Gasteiger charge is 2.16. The van der Waals surface area contributed by atoms with Gasteiger partial charge < -0.3 is 10.1 Å². The number of nitrogens with zero attached hydrogens (tertiary/aromatic N) is 2. The van der Waals surface area contributed by atoms with Crippen molar-refractivity contribution in [1.82, 2.24) is 19.3 Å². The van der Waals surface area contributed by atoms with E-state index in [0.717, 1.165) is 25.1 Å². The number of hydrogen-bond donors (Lipinski definition) is 2. The van der Waals surface area contributed by atoms with Crippen LogP contribution >= 0.6 is 0 Å². The minimum absolute atomic E-state index is 0.205. The predicted molar refractivity (Wildman–Crippen MR) is 82.3 cm³/mol. The fourth-order valence-electron chi connectivity index (χ4n) is 1.64. The van der Waals surface area contributed by atoms with Gasteiger partial charge in [-0.3, -0.25) is 0 Å². The third-order valence-corrected chi connectivity index (χ3v) is 4.46. The van der Waals surface area contributed by atoms with Crippen molar-refractivity contribution in [3.05, 3.63) is 23.9 Å². The lowest BCUT2D eigenvalue weighted by molar-refractivity contribution is 0.397. The normalized spacial score (nSPS) is 11.8. The van der Waals surface area contributed by atoms with Crippen molar-refractivity contribution in [1.29, 1.82) is 0 Å². The van der Waals surface area contributed by atoms with Crippen LogP contribution in [0.1, 0.15) is 18.9 Å². The maximum Gasteiger partial charge on any atom is 0.279 e. The molecule has 0 aliphatic heterocycles. The second-order valence-corrected chi connectivity index (χ2v) is 6.43. The van der Waals surface area contributed by atoms with E-state index in [4.69, 9.17) is 4.74 Å². The summed E-state index contributed by atoms with van der Waals surface area (Å²) in [6.07, 6.45) is 2.36. The van der Waals surface area contributed by atoms with Crippen molar-refractivity contribution in [2.75, 3.05) is 33.8 Å². The Kier molecular flexibility index (Phi) is 7.58. The Morgan fingerprint density at radius 3 is 2.71 bits per heavy atom. The highest BCUT2D eigenvalue weighted by Crippen LogP contribution is 2.07. The van der Waals surface area contributed by atoms with Crippen LogP contribution in [0.4, 0.5) is 0 Å². The van der Waals surface area contributed by atoms with Crippen LogP contribution in [-0.2, 0) is 16.8 Å². The van der Waals surface area contributed by atoms with Crippen molar-refractivity contribution in [3.63, 3.8) is 0 Å². The third kappa shape index (κ3) is 6.38. The van der Waals surface area contributed by atoms with Crippen molar-refractivity contribution in [2.45, 2.75) is 19.9 Å². The van der Waals surface area contributed by atoms with E-state index < -0.39 is 10.2 Å². The molecule has 0 saturated carbocycles. The molecule has 0 aromatic carbocycles. The van der Waals surface area contributed by atoms with Gasteiger partial charge >= 0.3 is 0 Å². The van der Waals surface area contributed by atoms with Crippen LogP contribution < -0.4 is 14.8 Å². The van der Waals surface area contributed by atoms with Gasteiger partial charge in [-0.15, -0.1) is 0 Å². The van der Waals surface area contributed by atoms with Crippen LogP contribution in [0.25, 0.3) is 0 Å². The molecule has 1 aromatic heterocycles. The molecule has 0 saturated heterocycles. The Labute approximate surface area is 126 Å². The maximum absolute atomic E-state index is 12.0. The topological polar surface area (TPSA) is 83.6 Å². The first kappa shape index (κ1) is 17.8. The lowest BCUT2D eigenvalue weighted by Gasteiger charge is -2.17. The number of pyridine rings is 1. The Morgan fingerprint density at radius 1 is 1.38 bits per heavy atom. The van der Waals surface area contributed by atoms with E-state index in [1.54, 1.807) is 25.4 Å². The summed E-state index contributed by atoms with van der Waals surface area (Å²) in [5.74, 6) is 0.502. The molecule has 0 unspecified atom stereocenters. The monoisotopic (exact) mass is 316 g/mol. The van der Waals surface area contributed by atoms with Gasteiger partial charge in [-0.25, -0.2) is 4.98 Å². The zero-order valence-corrected chi connectivity index (χ0v) is 13.6. The average molecular weight is 316 g/mol. The third-order valence-electron chi connectivity index (χ3n) is 2.95. The summed E-state index contributed by atoms with van der Waals surface area (Å²) < 4.78 is 32.9. The van der Waals surface area contributed by atoms with Crippen LogP contribution in [0, 0.1) is 0 Å². The zero-order valence-electron chi connectivity index (χ0n) is 12.8. The molecule has 0 radical (unpaired) electrons. The molecular weight excluding hydrogens is 292 g/mol. The fourth-order valence-corrected chi connectivity index (χ4v) is 2.58. The highest BCUT2D eigenvalue weighted by atomic mass is 32.2. The van der Waals surface area contributed by atoms with Gasteiger partial charge in [0.05, 0.1) is 7.11 Å². The first-order chi connectivity index (χ1) is 9.99. The quantitative estimate of drug-likeness (QED) is 0.609. The number of aromatic nitrogens is 1. The van der Waals surface area contributed by atoms with Crippen LogP contribution in [0.3, 0.4) is 0 Å². The van der Waals surface area contributed by atoms with Crippen molar-refractivity contribution >= 4 is 10.2 Å². The van der Waals surface area contributed by atoms with Gasteiger partial charge in [0.15, 0.2) is 0 Å². The van der Waals surface area contributed by atoms with Crippen molar-refractivity contribution in [3.8, 4) is 5.88 Å². The van der Waals surface area contributed by atoms with Gasteiger partial charge in [0, 0.05) is 32.4 Å². The molecule has 7 nitrogen and oxygen atoms in total. The summed E-state index contributed by atoms with van der Waals surface area (Å²) in [7, 11) is -0.360. The number of rotatable bonds is 10. The predicted octanol–water partition coefficient (Wildman–Crippen LogP) is 0.356. The highest BCUT2D eigenvalue weighted by molar-refractivity contribution is 7.87. The van der Waals surface area contributed by atoms with E-state index in [1.165, 1.54) is 11.4 Å². The zero-order chi connectivity index (χ0) is 15.7. The first-order valence-corrected chi connectivity index (χ1v) is 8.34. The summed E-state index contributed by atoms with van der Waals surface area (Å²) in [6.45, 7) is 4.39. The summed E-state index contributed by atoms with van der Waals surface area (Å²) in [6, 6.07) is 3.48. The molecule has 8 heteroatoms. The molecule has 0 spiro atoms. The number of nitrogens with one attached hydrogen (secondary N) is 2. The minimum Gasteiger partial charge on any atom is -0.481 e. The lowest BCUT2D eigenvalue weighted by atomic mass is 10.3. The summed E-state index contributed by atoms with van der Waals surface area (Å²) in [5.41, 5.74) is 0.778. The van der Waals surface area contributed by atoms with Crippen molar-refractivity contribution in [2.24, 2.45) is 0 Å².